The third-order valence-corrected chi connectivity index (χ3v) is 4.00. The molecule has 104 valence electrons. The molecule has 0 saturated carbocycles. The maximum Gasteiger partial charge on any atom is 0.158 e. The van der Waals surface area contributed by atoms with Crippen LogP contribution < -0.4 is 11.1 Å². The first-order valence-electron chi connectivity index (χ1n) is 6.89. The molecule has 0 aliphatic carbocycles. The van der Waals surface area contributed by atoms with Crippen LogP contribution in [-0.4, -0.2) is 47.2 Å². The molecule has 1 aromatic rings. The molecule has 0 radical (unpaired) electrons. The van der Waals surface area contributed by atoms with E-state index in [1.165, 1.54) is 32.4 Å². The normalized spacial score (nSPS) is 26.6. The van der Waals surface area contributed by atoms with Gasteiger partial charge in [0.2, 0.25) is 0 Å². The van der Waals surface area contributed by atoms with Crippen LogP contribution >= 0.6 is 0 Å². The summed E-state index contributed by atoms with van der Waals surface area (Å²) in [6.45, 7) is 2.82. The largest absolute Gasteiger partial charge is 0.384 e. The van der Waals surface area contributed by atoms with E-state index < -0.39 is 0 Å². The molecule has 2 fully saturated rings. The molecular formula is C13H21N5O. The zero-order valence-electron chi connectivity index (χ0n) is 11.3. The Balaban J connectivity index is 1.72. The highest BCUT2D eigenvalue weighted by Gasteiger charge is 2.37. The summed E-state index contributed by atoms with van der Waals surface area (Å²) < 4.78 is 5.06. The number of nitrogen functional groups attached to an aromatic ring is 1. The van der Waals surface area contributed by atoms with Crippen molar-refractivity contribution >= 4 is 11.6 Å². The summed E-state index contributed by atoms with van der Waals surface area (Å²) in [6.07, 6.45) is 3.76. The lowest BCUT2D eigenvalue weighted by Gasteiger charge is -2.22. The number of nitrogens with two attached hydrogens (primary N) is 1. The second-order valence-corrected chi connectivity index (χ2v) is 5.31. The highest BCUT2D eigenvalue weighted by atomic mass is 16.5. The first kappa shape index (κ1) is 12.6. The van der Waals surface area contributed by atoms with Gasteiger partial charge in [0.15, 0.2) is 5.82 Å². The van der Waals surface area contributed by atoms with Crippen LogP contribution in [0.15, 0.2) is 6.07 Å². The second kappa shape index (κ2) is 5.30. The van der Waals surface area contributed by atoms with E-state index in [-0.39, 0.29) is 0 Å². The van der Waals surface area contributed by atoms with Gasteiger partial charge in [-0.25, -0.2) is 9.97 Å². The van der Waals surface area contributed by atoms with E-state index >= 15 is 0 Å². The van der Waals surface area contributed by atoms with E-state index in [0.29, 0.717) is 30.3 Å². The molecule has 3 rings (SSSR count). The number of aromatic nitrogens is 2. The Morgan fingerprint density at radius 3 is 3.16 bits per heavy atom. The van der Waals surface area contributed by atoms with Crippen molar-refractivity contribution in [1.82, 2.24) is 14.9 Å². The summed E-state index contributed by atoms with van der Waals surface area (Å²) in [7, 11) is 1.63. The molecule has 2 aliphatic heterocycles. The van der Waals surface area contributed by atoms with Gasteiger partial charge in [0, 0.05) is 31.8 Å². The SMILES string of the molecule is COCc1nc(N)cc(NC2CCN3CCCC23)n1. The zero-order valence-corrected chi connectivity index (χ0v) is 11.3. The van der Waals surface area contributed by atoms with Gasteiger partial charge in [-0.15, -0.1) is 0 Å². The van der Waals surface area contributed by atoms with Crippen LogP contribution in [0, 0.1) is 0 Å². The Kier molecular flexibility index (Phi) is 3.52. The van der Waals surface area contributed by atoms with Crippen LogP contribution in [0.5, 0.6) is 0 Å². The Hall–Kier alpha value is -1.40. The van der Waals surface area contributed by atoms with Crippen LogP contribution in [0.2, 0.25) is 0 Å². The van der Waals surface area contributed by atoms with Crippen molar-refractivity contribution in [1.29, 1.82) is 0 Å². The van der Waals surface area contributed by atoms with Gasteiger partial charge in [-0.05, 0) is 25.8 Å². The molecule has 0 amide bonds. The molecule has 3 N–H and O–H groups in total. The molecule has 2 saturated heterocycles. The van der Waals surface area contributed by atoms with Crippen LogP contribution in [-0.2, 0) is 11.3 Å². The number of rotatable bonds is 4. The lowest BCUT2D eigenvalue weighted by atomic mass is 10.1. The molecule has 2 unspecified atom stereocenters. The van der Waals surface area contributed by atoms with Crippen molar-refractivity contribution in [2.45, 2.75) is 38.0 Å². The summed E-state index contributed by atoms with van der Waals surface area (Å²) in [5.74, 6) is 1.94. The van der Waals surface area contributed by atoms with E-state index in [4.69, 9.17) is 10.5 Å². The Morgan fingerprint density at radius 2 is 2.32 bits per heavy atom. The number of hydrogen-bond acceptors (Lipinski definition) is 6. The van der Waals surface area contributed by atoms with E-state index in [9.17, 15) is 0 Å². The van der Waals surface area contributed by atoms with E-state index in [2.05, 4.69) is 20.2 Å². The fourth-order valence-corrected chi connectivity index (χ4v) is 3.23. The standard InChI is InChI=1S/C13H21N5O/c1-19-8-13-16-11(14)7-12(17-13)15-9-4-6-18-5-2-3-10(9)18/h7,9-10H,2-6,8H2,1H3,(H3,14,15,16,17). The Labute approximate surface area is 113 Å². The number of fused-ring (bicyclic) bond motifs is 1. The molecule has 3 heterocycles. The minimum atomic E-state index is 0.389. The van der Waals surface area contributed by atoms with Gasteiger partial charge in [-0.2, -0.15) is 0 Å². The highest BCUT2D eigenvalue weighted by molar-refractivity contribution is 5.45. The Bertz CT molecular complexity index is 453. The second-order valence-electron chi connectivity index (χ2n) is 5.31. The highest BCUT2D eigenvalue weighted by Crippen LogP contribution is 2.29. The molecule has 2 aliphatic rings. The maximum atomic E-state index is 5.81. The molecule has 6 nitrogen and oxygen atoms in total. The summed E-state index contributed by atoms with van der Waals surface area (Å²) in [6, 6.07) is 2.94. The minimum absolute atomic E-state index is 0.389. The summed E-state index contributed by atoms with van der Waals surface area (Å²) in [5.41, 5.74) is 5.81. The molecule has 6 heteroatoms. The first-order valence-corrected chi connectivity index (χ1v) is 6.89. The van der Waals surface area contributed by atoms with Crippen molar-refractivity contribution in [3.63, 3.8) is 0 Å². The molecular weight excluding hydrogens is 242 g/mol. The molecule has 19 heavy (non-hydrogen) atoms. The number of nitrogens with zero attached hydrogens (tertiary/aromatic N) is 3. The fourth-order valence-electron chi connectivity index (χ4n) is 3.23. The number of ether oxygens (including phenoxy) is 1. The number of nitrogens with one attached hydrogen (secondary N) is 1. The third kappa shape index (κ3) is 2.64. The van der Waals surface area contributed by atoms with Crippen molar-refractivity contribution in [2.75, 3.05) is 31.2 Å². The van der Waals surface area contributed by atoms with Crippen molar-refractivity contribution < 1.29 is 4.74 Å². The smallest absolute Gasteiger partial charge is 0.158 e. The molecule has 2 atom stereocenters. The van der Waals surface area contributed by atoms with Crippen molar-refractivity contribution in [3.05, 3.63) is 11.9 Å². The summed E-state index contributed by atoms with van der Waals surface area (Å²) >= 11 is 0. The van der Waals surface area contributed by atoms with Crippen LogP contribution in [0.1, 0.15) is 25.1 Å². The third-order valence-electron chi connectivity index (χ3n) is 4.00. The minimum Gasteiger partial charge on any atom is -0.384 e. The molecule has 0 bridgehead atoms. The van der Waals surface area contributed by atoms with Gasteiger partial charge in [-0.3, -0.25) is 4.90 Å². The fraction of sp³-hybridized carbons (Fsp3) is 0.692. The van der Waals surface area contributed by atoms with Crippen molar-refractivity contribution in [2.24, 2.45) is 0 Å². The van der Waals surface area contributed by atoms with Crippen molar-refractivity contribution in [3.8, 4) is 0 Å². The monoisotopic (exact) mass is 263 g/mol. The lowest BCUT2D eigenvalue weighted by molar-refractivity contribution is 0.178. The average Bonchev–Trinajstić information content (AvgIpc) is 2.94. The van der Waals surface area contributed by atoms with Crippen LogP contribution in [0.25, 0.3) is 0 Å². The van der Waals surface area contributed by atoms with Crippen LogP contribution in [0.4, 0.5) is 11.6 Å². The van der Waals surface area contributed by atoms with Gasteiger partial charge < -0.3 is 15.8 Å². The molecule has 0 aromatic carbocycles. The maximum absolute atomic E-state index is 5.81. The lowest BCUT2D eigenvalue weighted by Crippen LogP contribution is -2.34. The predicted octanol–water partition coefficient (Wildman–Crippen LogP) is 0.854. The van der Waals surface area contributed by atoms with Gasteiger partial charge in [0.25, 0.3) is 0 Å². The molecule has 1 aromatic heterocycles. The van der Waals surface area contributed by atoms with E-state index in [0.717, 1.165) is 5.82 Å². The predicted molar refractivity (Wildman–Crippen MR) is 73.8 cm³/mol. The van der Waals surface area contributed by atoms with Gasteiger partial charge in [0.05, 0.1) is 0 Å². The van der Waals surface area contributed by atoms with E-state index in [1.54, 1.807) is 13.2 Å². The summed E-state index contributed by atoms with van der Waals surface area (Å²) in [4.78, 5) is 11.2. The Morgan fingerprint density at radius 1 is 1.42 bits per heavy atom. The van der Waals surface area contributed by atoms with Gasteiger partial charge in [-0.1, -0.05) is 0 Å². The first-order chi connectivity index (χ1) is 9.26. The zero-order chi connectivity index (χ0) is 13.2. The van der Waals surface area contributed by atoms with Gasteiger partial charge >= 0.3 is 0 Å². The number of hydrogen-bond donors (Lipinski definition) is 2. The number of methoxy groups -OCH3 is 1. The summed E-state index contributed by atoms with van der Waals surface area (Å²) in [5, 5.41) is 3.52. The quantitative estimate of drug-likeness (QED) is 0.839. The van der Waals surface area contributed by atoms with Gasteiger partial charge in [0.1, 0.15) is 18.2 Å². The number of anilines is 2. The average molecular weight is 263 g/mol. The van der Waals surface area contributed by atoms with Crippen LogP contribution in [0.3, 0.4) is 0 Å². The topological polar surface area (TPSA) is 76.3 Å². The van der Waals surface area contributed by atoms with E-state index in [1.807, 2.05) is 0 Å². The molecule has 0 spiro atoms.